The highest BCUT2D eigenvalue weighted by molar-refractivity contribution is 6.05. The summed E-state index contributed by atoms with van der Waals surface area (Å²) < 4.78 is 10.8. The molecule has 0 fully saturated rings. The molecule has 0 saturated carbocycles. The van der Waals surface area contributed by atoms with Crippen LogP contribution in [0.5, 0.6) is 17.2 Å². The van der Waals surface area contributed by atoms with Gasteiger partial charge in [-0.2, -0.15) is 0 Å². The maximum absolute atomic E-state index is 11.7. The Morgan fingerprint density at radius 3 is 2.31 bits per heavy atom. The zero-order valence-corrected chi connectivity index (χ0v) is 14.1. The van der Waals surface area contributed by atoms with E-state index in [1.807, 2.05) is 0 Å². The molecule has 0 spiro atoms. The molecule has 134 valence electrons. The molecular weight excluding hydrogens is 340 g/mol. The molecule has 3 N–H and O–H groups in total. The van der Waals surface area contributed by atoms with Gasteiger partial charge in [0.15, 0.2) is 17.1 Å². The summed E-state index contributed by atoms with van der Waals surface area (Å²) in [5.74, 6) is -1.90. The summed E-state index contributed by atoms with van der Waals surface area (Å²) in [4.78, 5) is 23.0. The lowest BCUT2D eigenvalue weighted by atomic mass is 9.99. The first-order chi connectivity index (χ1) is 12.3. The zero-order chi connectivity index (χ0) is 19.0. The van der Waals surface area contributed by atoms with E-state index >= 15 is 0 Å². The van der Waals surface area contributed by atoms with Gasteiger partial charge in [-0.1, -0.05) is 0 Å². The number of aliphatic carboxylic acids is 1. The number of ketones is 1. The standard InChI is InChI=1S/C19H16O7/c1-9(20)12-7-13-14(8-15(21)22)18(26-19(13)17(24)16(12)23)10-3-5-11(25-2)6-4-10/h3-7,23-24H,8H2,1-2H3,(H,21,22). The molecule has 0 radical (unpaired) electrons. The normalized spacial score (nSPS) is 10.8. The molecule has 1 heterocycles. The number of hydrogen-bond acceptors (Lipinski definition) is 6. The van der Waals surface area contributed by atoms with Crippen LogP contribution in [0.15, 0.2) is 34.7 Å². The van der Waals surface area contributed by atoms with Gasteiger partial charge in [-0.15, -0.1) is 0 Å². The number of carbonyl (C=O) groups is 2. The fraction of sp³-hybridized carbons (Fsp3) is 0.158. The Hall–Kier alpha value is -3.48. The van der Waals surface area contributed by atoms with Crippen molar-refractivity contribution in [3.8, 4) is 28.6 Å². The van der Waals surface area contributed by atoms with E-state index in [-0.39, 0.29) is 28.7 Å². The second-order valence-corrected chi connectivity index (χ2v) is 5.76. The van der Waals surface area contributed by atoms with Crippen LogP contribution < -0.4 is 4.74 Å². The number of fused-ring (bicyclic) bond motifs is 1. The maximum atomic E-state index is 11.7. The summed E-state index contributed by atoms with van der Waals surface area (Å²) in [5.41, 5.74) is 0.690. The second-order valence-electron chi connectivity index (χ2n) is 5.76. The third-order valence-corrected chi connectivity index (χ3v) is 4.09. The Labute approximate surface area is 148 Å². The van der Waals surface area contributed by atoms with Gasteiger partial charge in [0.2, 0.25) is 5.75 Å². The van der Waals surface area contributed by atoms with Crippen LogP contribution in [0, 0.1) is 0 Å². The first kappa shape index (κ1) is 17.3. The molecule has 0 atom stereocenters. The van der Waals surface area contributed by atoms with Crippen LogP contribution in [-0.2, 0) is 11.2 Å². The van der Waals surface area contributed by atoms with Crippen LogP contribution >= 0.6 is 0 Å². The van der Waals surface area contributed by atoms with Crippen molar-refractivity contribution in [2.45, 2.75) is 13.3 Å². The molecule has 0 aliphatic rings. The molecule has 3 rings (SSSR count). The lowest BCUT2D eigenvalue weighted by Gasteiger charge is -2.04. The van der Waals surface area contributed by atoms with Gasteiger partial charge in [-0.05, 0) is 37.3 Å². The minimum atomic E-state index is -1.10. The van der Waals surface area contributed by atoms with Crippen LogP contribution in [0.4, 0.5) is 0 Å². The fourth-order valence-electron chi connectivity index (χ4n) is 2.83. The number of furan rings is 1. The van der Waals surface area contributed by atoms with Gasteiger partial charge in [-0.3, -0.25) is 9.59 Å². The molecule has 2 aromatic carbocycles. The number of ether oxygens (including phenoxy) is 1. The number of benzene rings is 2. The van der Waals surface area contributed by atoms with Crippen molar-refractivity contribution in [1.29, 1.82) is 0 Å². The first-order valence-corrected chi connectivity index (χ1v) is 7.71. The van der Waals surface area contributed by atoms with Gasteiger partial charge in [0, 0.05) is 16.5 Å². The summed E-state index contributed by atoms with van der Waals surface area (Å²) in [6.45, 7) is 1.24. The largest absolute Gasteiger partial charge is 0.504 e. The van der Waals surface area contributed by atoms with Gasteiger partial charge in [0.05, 0.1) is 19.1 Å². The number of methoxy groups -OCH3 is 1. The van der Waals surface area contributed by atoms with Gasteiger partial charge in [-0.25, -0.2) is 0 Å². The van der Waals surface area contributed by atoms with Crippen molar-refractivity contribution >= 4 is 22.7 Å². The SMILES string of the molecule is COc1ccc(-c2oc3c(O)c(O)c(C(C)=O)cc3c2CC(=O)O)cc1. The summed E-state index contributed by atoms with van der Waals surface area (Å²) in [5, 5.41) is 29.8. The predicted molar refractivity (Wildman–Crippen MR) is 92.9 cm³/mol. The van der Waals surface area contributed by atoms with Crippen LogP contribution in [0.3, 0.4) is 0 Å². The van der Waals surface area contributed by atoms with E-state index in [0.29, 0.717) is 16.9 Å². The molecule has 3 aromatic rings. The maximum Gasteiger partial charge on any atom is 0.307 e. The van der Waals surface area contributed by atoms with Crippen molar-refractivity contribution in [2.24, 2.45) is 0 Å². The Morgan fingerprint density at radius 1 is 1.12 bits per heavy atom. The molecule has 7 nitrogen and oxygen atoms in total. The van der Waals surface area contributed by atoms with Crippen molar-refractivity contribution in [3.63, 3.8) is 0 Å². The van der Waals surface area contributed by atoms with E-state index in [9.17, 15) is 24.9 Å². The average Bonchev–Trinajstić information content (AvgIpc) is 2.96. The summed E-state index contributed by atoms with van der Waals surface area (Å²) >= 11 is 0. The van der Waals surface area contributed by atoms with Crippen molar-refractivity contribution < 1.29 is 34.1 Å². The Kier molecular flexibility index (Phi) is 4.29. The summed E-state index contributed by atoms with van der Waals surface area (Å²) in [6, 6.07) is 8.08. The number of carbonyl (C=O) groups excluding carboxylic acids is 1. The number of hydrogen-bond donors (Lipinski definition) is 3. The van der Waals surface area contributed by atoms with Gasteiger partial charge < -0.3 is 24.5 Å². The molecule has 0 bridgehead atoms. The third kappa shape index (κ3) is 2.83. The molecule has 0 unspecified atom stereocenters. The predicted octanol–water partition coefficient (Wildman–Crippen LogP) is 3.35. The van der Waals surface area contributed by atoms with E-state index in [1.54, 1.807) is 24.3 Å². The number of aromatic hydroxyl groups is 2. The lowest BCUT2D eigenvalue weighted by Crippen LogP contribution is -2.01. The molecule has 7 heteroatoms. The smallest absolute Gasteiger partial charge is 0.307 e. The van der Waals surface area contributed by atoms with Gasteiger partial charge in [0.1, 0.15) is 11.5 Å². The van der Waals surface area contributed by atoms with E-state index in [2.05, 4.69) is 0 Å². The molecule has 26 heavy (non-hydrogen) atoms. The number of carboxylic acids is 1. The highest BCUT2D eigenvalue weighted by Gasteiger charge is 2.25. The zero-order valence-electron chi connectivity index (χ0n) is 14.1. The number of rotatable bonds is 5. The summed E-state index contributed by atoms with van der Waals surface area (Å²) in [6.07, 6.45) is -0.379. The van der Waals surface area contributed by atoms with E-state index in [0.717, 1.165) is 0 Å². The summed E-state index contributed by atoms with van der Waals surface area (Å²) in [7, 11) is 1.52. The molecule has 0 amide bonds. The molecular formula is C19H16O7. The third-order valence-electron chi connectivity index (χ3n) is 4.09. The lowest BCUT2D eigenvalue weighted by molar-refractivity contribution is -0.136. The Balaban J connectivity index is 2.32. The molecule has 0 aliphatic carbocycles. The topological polar surface area (TPSA) is 117 Å². The van der Waals surface area contributed by atoms with E-state index in [1.165, 1.54) is 20.1 Å². The number of Topliss-reactive ketones (excluding diaryl/α,β-unsaturated/α-hetero) is 1. The van der Waals surface area contributed by atoms with Gasteiger partial charge in [0.25, 0.3) is 0 Å². The molecule has 1 aromatic heterocycles. The Bertz CT molecular complexity index is 1010. The van der Waals surface area contributed by atoms with Gasteiger partial charge >= 0.3 is 5.97 Å². The van der Waals surface area contributed by atoms with Crippen LogP contribution in [-0.4, -0.2) is 34.2 Å². The monoisotopic (exact) mass is 356 g/mol. The highest BCUT2D eigenvalue weighted by Crippen LogP contribution is 2.44. The van der Waals surface area contributed by atoms with Crippen molar-refractivity contribution in [2.75, 3.05) is 7.11 Å². The second kappa shape index (κ2) is 6.44. The van der Waals surface area contributed by atoms with E-state index < -0.39 is 23.3 Å². The number of phenolic OH excluding ortho intramolecular Hbond substituents is 2. The molecule has 0 aliphatic heterocycles. The quantitative estimate of drug-likeness (QED) is 0.474. The number of carboxylic acid groups (broad SMARTS) is 1. The number of phenols is 2. The fourth-order valence-corrected chi connectivity index (χ4v) is 2.83. The van der Waals surface area contributed by atoms with Crippen molar-refractivity contribution in [3.05, 3.63) is 41.5 Å². The highest BCUT2D eigenvalue weighted by atomic mass is 16.5. The van der Waals surface area contributed by atoms with Crippen molar-refractivity contribution in [1.82, 2.24) is 0 Å². The minimum Gasteiger partial charge on any atom is -0.504 e. The Morgan fingerprint density at radius 2 is 1.77 bits per heavy atom. The van der Waals surface area contributed by atoms with Crippen LogP contribution in [0.2, 0.25) is 0 Å². The van der Waals surface area contributed by atoms with Crippen LogP contribution in [0.25, 0.3) is 22.3 Å². The average molecular weight is 356 g/mol. The first-order valence-electron chi connectivity index (χ1n) is 7.71. The minimum absolute atomic E-state index is 0.0745. The van der Waals surface area contributed by atoms with Crippen LogP contribution in [0.1, 0.15) is 22.8 Å². The molecule has 0 saturated heterocycles. The van der Waals surface area contributed by atoms with E-state index in [4.69, 9.17) is 9.15 Å².